The molecule has 2 N–H and O–H groups in total. The summed E-state index contributed by atoms with van der Waals surface area (Å²) >= 11 is 6.03. The Balaban J connectivity index is 1.87. The second kappa shape index (κ2) is 6.86. The molecule has 27 heavy (non-hydrogen) atoms. The van der Waals surface area contributed by atoms with E-state index in [4.69, 9.17) is 11.6 Å². The van der Waals surface area contributed by atoms with Crippen molar-refractivity contribution >= 4 is 29.3 Å². The Labute approximate surface area is 164 Å². The summed E-state index contributed by atoms with van der Waals surface area (Å²) < 4.78 is 0. The zero-order valence-electron chi connectivity index (χ0n) is 15.4. The van der Waals surface area contributed by atoms with E-state index in [0.29, 0.717) is 5.02 Å². The van der Waals surface area contributed by atoms with Gasteiger partial charge in [-0.05, 0) is 54.7 Å². The van der Waals surface area contributed by atoms with Crippen LogP contribution in [-0.2, 0) is 11.2 Å². The van der Waals surface area contributed by atoms with E-state index in [9.17, 15) is 4.79 Å². The Morgan fingerprint density at radius 1 is 1.19 bits per heavy atom. The van der Waals surface area contributed by atoms with Crippen molar-refractivity contribution in [2.24, 2.45) is 5.41 Å². The van der Waals surface area contributed by atoms with Gasteiger partial charge in [0.05, 0.1) is 11.4 Å². The number of carbonyl (C=O) groups is 1. The number of aromatic amines is 1. The van der Waals surface area contributed by atoms with Gasteiger partial charge in [0.1, 0.15) is 6.29 Å². The molecule has 4 nitrogen and oxygen atoms in total. The van der Waals surface area contributed by atoms with Crippen molar-refractivity contribution in [3.8, 4) is 11.3 Å². The SMILES string of the molecule is CC1(C)Cc2[nH]c(-c3ccncc3)c(Nc3ccc(Cl)cc3)c2C(C=O)C1. The highest BCUT2D eigenvalue weighted by Crippen LogP contribution is 2.48. The lowest BCUT2D eigenvalue weighted by atomic mass is 9.71. The standard InChI is InChI=1S/C22H22ClN3O/c1-22(2)11-15(13-27)19-18(12-22)26-20(14-7-9-24-10-8-14)21(19)25-17-5-3-16(23)4-6-17/h3-10,13,15,25-26H,11-12H2,1-2H3. The molecule has 4 rings (SSSR count). The molecule has 0 spiro atoms. The number of H-pyrrole nitrogens is 1. The Hall–Kier alpha value is -2.59. The molecule has 0 bridgehead atoms. The highest BCUT2D eigenvalue weighted by Gasteiger charge is 2.36. The minimum atomic E-state index is -0.134. The molecule has 3 aromatic rings. The minimum absolute atomic E-state index is 0.0798. The van der Waals surface area contributed by atoms with Gasteiger partial charge in [0, 0.05) is 45.8 Å². The van der Waals surface area contributed by atoms with Crippen molar-refractivity contribution < 1.29 is 4.79 Å². The third-order valence-corrected chi connectivity index (χ3v) is 5.42. The minimum Gasteiger partial charge on any atom is -0.356 e. The average Bonchev–Trinajstić information content (AvgIpc) is 3.00. The first-order chi connectivity index (χ1) is 13.0. The Morgan fingerprint density at radius 3 is 2.56 bits per heavy atom. The van der Waals surface area contributed by atoms with Crippen LogP contribution >= 0.6 is 11.6 Å². The lowest BCUT2D eigenvalue weighted by Gasteiger charge is -2.33. The summed E-state index contributed by atoms with van der Waals surface area (Å²) in [6.45, 7) is 4.43. The first kappa shape index (κ1) is 17.8. The lowest BCUT2D eigenvalue weighted by Crippen LogP contribution is -2.26. The molecule has 0 radical (unpaired) electrons. The number of hydrogen-bond donors (Lipinski definition) is 2. The Kier molecular flexibility index (Phi) is 4.52. The number of aldehydes is 1. The molecular formula is C22H22ClN3O. The van der Waals surface area contributed by atoms with Gasteiger partial charge in [-0.15, -0.1) is 0 Å². The second-order valence-electron chi connectivity index (χ2n) is 7.92. The van der Waals surface area contributed by atoms with Crippen molar-refractivity contribution in [2.75, 3.05) is 5.32 Å². The number of halogens is 1. The third kappa shape index (κ3) is 3.50. The average molecular weight is 380 g/mol. The second-order valence-corrected chi connectivity index (χ2v) is 8.36. The molecule has 1 atom stereocenters. The van der Waals surface area contributed by atoms with Crippen LogP contribution in [0, 0.1) is 5.41 Å². The van der Waals surface area contributed by atoms with E-state index in [0.717, 1.165) is 53.0 Å². The smallest absolute Gasteiger partial charge is 0.127 e. The number of hydrogen-bond acceptors (Lipinski definition) is 3. The van der Waals surface area contributed by atoms with Gasteiger partial charge in [0.2, 0.25) is 0 Å². The summed E-state index contributed by atoms with van der Waals surface area (Å²) in [5.74, 6) is -0.134. The van der Waals surface area contributed by atoms with Crippen LogP contribution in [0.25, 0.3) is 11.3 Å². The predicted octanol–water partition coefficient (Wildman–Crippen LogP) is 5.73. The molecule has 1 aliphatic rings. The maximum absolute atomic E-state index is 11.9. The first-order valence-electron chi connectivity index (χ1n) is 9.10. The summed E-state index contributed by atoms with van der Waals surface area (Å²) in [6, 6.07) is 11.6. The molecule has 0 saturated carbocycles. The van der Waals surface area contributed by atoms with E-state index in [1.54, 1.807) is 12.4 Å². The molecule has 0 amide bonds. The van der Waals surface area contributed by atoms with Gasteiger partial charge < -0.3 is 15.1 Å². The zero-order valence-corrected chi connectivity index (χ0v) is 16.2. The van der Waals surface area contributed by atoms with Crippen LogP contribution in [0.5, 0.6) is 0 Å². The fourth-order valence-electron chi connectivity index (χ4n) is 4.02. The summed E-state index contributed by atoms with van der Waals surface area (Å²) in [7, 11) is 0. The largest absolute Gasteiger partial charge is 0.356 e. The van der Waals surface area contributed by atoms with Crippen LogP contribution in [0.2, 0.25) is 5.02 Å². The number of nitrogens with zero attached hydrogens (tertiary/aromatic N) is 1. The van der Waals surface area contributed by atoms with Crippen molar-refractivity contribution in [3.05, 3.63) is 65.1 Å². The van der Waals surface area contributed by atoms with Crippen LogP contribution in [-0.4, -0.2) is 16.3 Å². The van der Waals surface area contributed by atoms with Gasteiger partial charge in [0.15, 0.2) is 0 Å². The quantitative estimate of drug-likeness (QED) is 0.569. The van der Waals surface area contributed by atoms with Crippen molar-refractivity contribution in [1.29, 1.82) is 0 Å². The number of anilines is 2. The van der Waals surface area contributed by atoms with E-state index in [1.165, 1.54) is 0 Å². The van der Waals surface area contributed by atoms with Crippen molar-refractivity contribution in [3.63, 3.8) is 0 Å². The number of fused-ring (bicyclic) bond motifs is 1. The van der Waals surface area contributed by atoms with Gasteiger partial charge >= 0.3 is 0 Å². The van der Waals surface area contributed by atoms with Crippen molar-refractivity contribution in [2.45, 2.75) is 32.6 Å². The predicted molar refractivity (Wildman–Crippen MR) is 110 cm³/mol. The molecule has 0 aliphatic heterocycles. The Bertz CT molecular complexity index is 961. The summed E-state index contributed by atoms with van der Waals surface area (Å²) in [4.78, 5) is 19.7. The topological polar surface area (TPSA) is 57.8 Å². The fourth-order valence-corrected chi connectivity index (χ4v) is 4.15. The molecule has 2 aromatic heterocycles. The molecule has 1 aliphatic carbocycles. The monoisotopic (exact) mass is 379 g/mol. The maximum atomic E-state index is 11.9. The van der Waals surface area contributed by atoms with Gasteiger partial charge in [0.25, 0.3) is 0 Å². The van der Waals surface area contributed by atoms with Gasteiger partial charge in [-0.3, -0.25) is 4.98 Å². The normalized spacial score (nSPS) is 18.0. The third-order valence-electron chi connectivity index (χ3n) is 5.17. The van der Waals surface area contributed by atoms with E-state index >= 15 is 0 Å². The molecule has 5 heteroatoms. The van der Waals surface area contributed by atoms with Crippen LogP contribution < -0.4 is 5.32 Å². The van der Waals surface area contributed by atoms with Gasteiger partial charge in [-0.1, -0.05) is 25.4 Å². The number of benzene rings is 1. The van der Waals surface area contributed by atoms with Gasteiger partial charge in [-0.2, -0.15) is 0 Å². The van der Waals surface area contributed by atoms with E-state index in [2.05, 4.69) is 29.1 Å². The molecule has 138 valence electrons. The fraction of sp³-hybridized carbons (Fsp3) is 0.273. The maximum Gasteiger partial charge on any atom is 0.127 e. The van der Waals surface area contributed by atoms with Crippen LogP contribution in [0.1, 0.15) is 37.4 Å². The van der Waals surface area contributed by atoms with Crippen LogP contribution in [0.3, 0.4) is 0 Å². The van der Waals surface area contributed by atoms with E-state index < -0.39 is 0 Å². The number of aromatic nitrogens is 2. The molecule has 0 fully saturated rings. The van der Waals surface area contributed by atoms with Crippen LogP contribution in [0.4, 0.5) is 11.4 Å². The Morgan fingerprint density at radius 2 is 1.89 bits per heavy atom. The highest BCUT2D eigenvalue weighted by molar-refractivity contribution is 6.30. The summed E-state index contributed by atoms with van der Waals surface area (Å²) in [5, 5.41) is 4.22. The highest BCUT2D eigenvalue weighted by atomic mass is 35.5. The van der Waals surface area contributed by atoms with Crippen LogP contribution in [0.15, 0.2) is 48.8 Å². The molecular weight excluding hydrogens is 358 g/mol. The number of pyridine rings is 1. The molecule has 1 unspecified atom stereocenters. The summed E-state index contributed by atoms with van der Waals surface area (Å²) in [5.41, 5.74) is 6.21. The molecule has 0 saturated heterocycles. The molecule has 2 heterocycles. The van der Waals surface area contributed by atoms with E-state index in [-0.39, 0.29) is 11.3 Å². The first-order valence-corrected chi connectivity index (χ1v) is 9.48. The lowest BCUT2D eigenvalue weighted by molar-refractivity contribution is -0.109. The van der Waals surface area contributed by atoms with E-state index in [1.807, 2.05) is 36.4 Å². The molecule has 1 aromatic carbocycles. The zero-order chi connectivity index (χ0) is 19.0. The summed E-state index contributed by atoms with van der Waals surface area (Å²) in [6.07, 6.45) is 6.39. The number of nitrogens with one attached hydrogen (secondary N) is 2. The number of carbonyl (C=O) groups excluding carboxylic acids is 1. The van der Waals surface area contributed by atoms with Gasteiger partial charge in [-0.25, -0.2) is 0 Å². The number of rotatable bonds is 4. The van der Waals surface area contributed by atoms with Crippen molar-refractivity contribution in [1.82, 2.24) is 9.97 Å².